The van der Waals surface area contributed by atoms with E-state index >= 15 is 0 Å². The van der Waals surface area contributed by atoms with Crippen molar-refractivity contribution in [2.45, 2.75) is 19.1 Å². The van der Waals surface area contributed by atoms with Crippen molar-refractivity contribution < 1.29 is 9.47 Å². The van der Waals surface area contributed by atoms with E-state index in [-0.39, 0.29) is 0 Å². The van der Waals surface area contributed by atoms with Gasteiger partial charge in [-0.05, 0) is 49.2 Å². The number of nitrogens with two attached hydrogens (primary N) is 1. The van der Waals surface area contributed by atoms with E-state index in [1.54, 1.807) is 14.2 Å². The Morgan fingerprint density at radius 1 is 1.40 bits per heavy atom. The lowest BCUT2D eigenvalue weighted by atomic mass is 9.95. The Bertz CT molecular complexity index is 467. The number of hydrogen-bond donors (Lipinski definition) is 1. The van der Waals surface area contributed by atoms with Crippen LogP contribution < -0.4 is 10.5 Å². The molecule has 0 spiro atoms. The van der Waals surface area contributed by atoms with Gasteiger partial charge in [-0.25, -0.2) is 0 Å². The average molecular weight is 299 g/mol. The first kappa shape index (κ1) is 15.6. The number of methoxy groups -OCH3 is 2. The quantitative estimate of drug-likeness (QED) is 0.907. The van der Waals surface area contributed by atoms with E-state index < -0.39 is 0 Å². The topological polar surface area (TPSA) is 47.7 Å². The lowest BCUT2D eigenvalue weighted by Gasteiger charge is -2.23. The molecule has 1 aliphatic heterocycles. The minimum absolute atomic E-state index is 0.345. The molecule has 2 atom stereocenters. The molecule has 0 bridgehead atoms. The van der Waals surface area contributed by atoms with Gasteiger partial charge in [-0.2, -0.15) is 0 Å². The second-order valence-corrected chi connectivity index (χ2v) is 5.82. The van der Waals surface area contributed by atoms with Gasteiger partial charge < -0.3 is 15.2 Å². The molecule has 1 aromatic rings. The summed E-state index contributed by atoms with van der Waals surface area (Å²) in [6.07, 6.45) is 1.06. The molecule has 5 heteroatoms. The van der Waals surface area contributed by atoms with Crippen molar-refractivity contribution in [3.8, 4) is 5.75 Å². The lowest BCUT2D eigenvalue weighted by molar-refractivity contribution is 0.181. The van der Waals surface area contributed by atoms with Gasteiger partial charge in [-0.1, -0.05) is 11.6 Å². The van der Waals surface area contributed by atoms with Crippen LogP contribution in [0, 0.1) is 5.92 Å². The third kappa shape index (κ3) is 3.09. The third-order valence-electron chi connectivity index (χ3n) is 4.04. The zero-order valence-electron chi connectivity index (χ0n) is 12.4. The fraction of sp³-hybridized carbons (Fsp3) is 0.600. The summed E-state index contributed by atoms with van der Waals surface area (Å²) >= 11 is 6.29. The summed E-state index contributed by atoms with van der Waals surface area (Å²) < 4.78 is 10.6. The van der Waals surface area contributed by atoms with Crippen LogP contribution in [0.3, 0.4) is 0 Å². The SMILES string of the molecule is COCc1cc(OC)c(Cl)cc1C1CC(CN)CN1C. The van der Waals surface area contributed by atoms with Crippen LogP contribution in [0.1, 0.15) is 23.6 Å². The minimum atomic E-state index is 0.345. The highest BCUT2D eigenvalue weighted by Gasteiger charge is 2.31. The molecule has 0 aromatic heterocycles. The molecule has 0 saturated carbocycles. The zero-order chi connectivity index (χ0) is 14.7. The molecule has 1 heterocycles. The first-order valence-corrected chi connectivity index (χ1v) is 7.24. The first-order valence-electron chi connectivity index (χ1n) is 6.86. The Morgan fingerprint density at radius 2 is 2.15 bits per heavy atom. The van der Waals surface area contributed by atoms with Gasteiger partial charge in [0.25, 0.3) is 0 Å². The summed E-state index contributed by atoms with van der Waals surface area (Å²) in [5.74, 6) is 1.24. The van der Waals surface area contributed by atoms with Gasteiger partial charge in [0.2, 0.25) is 0 Å². The summed E-state index contributed by atoms with van der Waals surface area (Å²) in [6.45, 7) is 2.31. The van der Waals surface area contributed by atoms with Crippen LogP contribution in [0.25, 0.3) is 0 Å². The largest absolute Gasteiger partial charge is 0.495 e. The Morgan fingerprint density at radius 3 is 2.70 bits per heavy atom. The predicted octanol–water partition coefficient (Wildman–Crippen LogP) is 2.45. The maximum atomic E-state index is 6.29. The number of ether oxygens (including phenoxy) is 2. The van der Waals surface area contributed by atoms with Gasteiger partial charge in [0.15, 0.2) is 0 Å². The van der Waals surface area contributed by atoms with Crippen LogP contribution in [0.5, 0.6) is 5.75 Å². The normalized spacial score (nSPS) is 23.2. The molecule has 0 amide bonds. The molecule has 1 aromatic carbocycles. The molecule has 20 heavy (non-hydrogen) atoms. The van der Waals surface area contributed by atoms with E-state index in [0.29, 0.717) is 29.3 Å². The summed E-state index contributed by atoms with van der Waals surface area (Å²) in [4.78, 5) is 2.34. The van der Waals surface area contributed by atoms with Crippen LogP contribution >= 0.6 is 11.6 Å². The van der Waals surface area contributed by atoms with Crippen molar-refractivity contribution in [1.29, 1.82) is 0 Å². The molecule has 4 nitrogen and oxygen atoms in total. The van der Waals surface area contributed by atoms with Crippen LogP contribution in [-0.2, 0) is 11.3 Å². The van der Waals surface area contributed by atoms with E-state index in [0.717, 1.165) is 25.1 Å². The molecular formula is C15H23ClN2O2. The van der Waals surface area contributed by atoms with Gasteiger partial charge in [-0.3, -0.25) is 4.90 Å². The molecule has 2 N–H and O–H groups in total. The number of likely N-dealkylation sites (tertiary alicyclic amines) is 1. The van der Waals surface area contributed by atoms with Gasteiger partial charge in [-0.15, -0.1) is 0 Å². The molecular weight excluding hydrogens is 276 g/mol. The Hall–Kier alpha value is -0.810. The second kappa shape index (κ2) is 6.76. The van der Waals surface area contributed by atoms with Crippen molar-refractivity contribution in [2.24, 2.45) is 11.7 Å². The molecule has 1 saturated heterocycles. The van der Waals surface area contributed by atoms with Crippen molar-refractivity contribution in [1.82, 2.24) is 4.90 Å². The van der Waals surface area contributed by atoms with Gasteiger partial charge in [0, 0.05) is 19.7 Å². The van der Waals surface area contributed by atoms with Gasteiger partial charge in [0.1, 0.15) is 5.75 Å². The monoisotopic (exact) mass is 298 g/mol. The van der Waals surface area contributed by atoms with Crippen LogP contribution in [0.2, 0.25) is 5.02 Å². The standard InChI is InChI=1S/C15H23ClN2O2/c1-18-8-10(7-17)4-14(18)12-6-13(16)15(20-3)5-11(12)9-19-2/h5-6,10,14H,4,7-9,17H2,1-3H3. The number of rotatable bonds is 5. The zero-order valence-corrected chi connectivity index (χ0v) is 13.1. The second-order valence-electron chi connectivity index (χ2n) is 5.41. The first-order chi connectivity index (χ1) is 9.60. The van der Waals surface area contributed by atoms with E-state index in [4.69, 9.17) is 26.8 Å². The maximum absolute atomic E-state index is 6.29. The molecule has 1 fully saturated rings. The van der Waals surface area contributed by atoms with Crippen molar-refractivity contribution in [3.05, 3.63) is 28.3 Å². The highest BCUT2D eigenvalue weighted by atomic mass is 35.5. The molecule has 0 aliphatic carbocycles. The highest BCUT2D eigenvalue weighted by molar-refractivity contribution is 6.32. The van der Waals surface area contributed by atoms with Gasteiger partial charge >= 0.3 is 0 Å². The van der Waals surface area contributed by atoms with Crippen molar-refractivity contribution in [2.75, 3.05) is 34.4 Å². The van der Waals surface area contributed by atoms with E-state index in [9.17, 15) is 0 Å². The van der Waals surface area contributed by atoms with Crippen LogP contribution in [-0.4, -0.2) is 39.3 Å². The molecule has 0 radical (unpaired) electrons. The van der Waals surface area contributed by atoms with E-state index in [1.807, 2.05) is 12.1 Å². The van der Waals surface area contributed by atoms with Crippen molar-refractivity contribution in [3.63, 3.8) is 0 Å². The Labute approximate surface area is 125 Å². The summed E-state index contributed by atoms with van der Waals surface area (Å²) in [5.41, 5.74) is 8.16. The van der Waals surface area contributed by atoms with Crippen LogP contribution in [0.15, 0.2) is 12.1 Å². The van der Waals surface area contributed by atoms with E-state index in [1.165, 1.54) is 5.56 Å². The molecule has 2 unspecified atom stereocenters. The fourth-order valence-electron chi connectivity index (χ4n) is 3.00. The lowest BCUT2D eigenvalue weighted by Crippen LogP contribution is -2.21. The summed E-state index contributed by atoms with van der Waals surface area (Å²) in [6, 6.07) is 4.33. The number of hydrogen-bond acceptors (Lipinski definition) is 4. The highest BCUT2D eigenvalue weighted by Crippen LogP contribution is 2.39. The molecule has 2 rings (SSSR count). The summed E-state index contributed by atoms with van der Waals surface area (Å²) in [7, 11) is 5.46. The van der Waals surface area contributed by atoms with Crippen molar-refractivity contribution >= 4 is 11.6 Å². The predicted molar refractivity (Wildman–Crippen MR) is 81.2 cm³/mol. The summed E-state index contributed by atoms with van der Waals surface area (Å²) in [5, 5.41) is 0.645. The maximum Gasteiger partial charge on any atom is 0.137 e. The minimum Gasteiger partial charge on any atom is -0.495 e. The van der Waals surface area contributed by atoms with Gasteiger partial charge in [0.05, 0.1) is 18.7 Å². The number of nitrogens with zero attached hydrogens (tertiary/aromatic N) is 1. The number of benzene rings is 1. The Balaban J connectivity index is 2.36. The fourth-order valence-corrected chi connectivity index (χ4v) is 3.25. The van der Waals surface area contributed by atoms with Crippen LogP contribution in [0.4, 0.5) is 0 Å². The smallest absolute Gasteiger partial charge is 0.137 e. The third-order valence-corrected chi connectivity index (χ3v) is 4.34. The molecule has 112 valence electrons. The number of halogens is 1. The Kier molecular flexibility index (Phi) is 5.27. The average Bonchev–Trinajstić information content (AvgIpc) is 2.81. The van der Waals surface area contributed by atoms with E-state index in [2.05, 4.69) is 11.9 Å². The molecule has 1 aliphatic rings.